The zero-order chi connectivity index (χ0) is 17.1. The third kappa shape index (κ3) is 3.03. The van der Waals surface area contributed by atoms with Gasteiger partial charge < -0.3 is 29.2 Å². The van der Waals surface area contributed by atoms with Gasteiger partial charge in [0, 0.05) is 0 Å². The SMILES string of the molecule is COc1cc(C/C=C/c2cc(O)c3c(c2)OCO3)cc(OC)c1O. The Balaban J connectivity index is 1.78. The Morgan fingerprint density at radius 1 is 1.04 bits per heavy atom. The summed E-state index contributed by atoms with van der Waals surface area (Å²) in [5.41, 5.74) is 1.72. The van der Waals surface area contributed by atoms with Crippen molar-refractivity contribution in [2.45, 2.75) is 6.42 Å². The van der Waals surface area contributed by atoms with Crippen LogP contribution in [0.15, 0.2) is 30.3 Å². The molecule has 0 spiro atoms. The fourth-order valence-electron chi connectivity index (χ4n) is 2.51. The average Bonchev–Trinajstić information content (AvgIpc) is 3.05. The lowest BCUT2D eigenvalue weighted by Gasteiger charge is -2.10. The minimum absolute atomic E-state index is 0.0200. The summed E-state index contributed by atoms with van der Waals surface area (Å²) in [6.07, 6.45) is 4.40. The predicted molar refractivity (Wildman–Crippen MR) is 88.2 cm³/mol. The average molecular weight is 330 g/mol. The quantitative estimate of drug-likeness (QED) is 0.877. The molecule has 1 aliphatic heterocycles. The molecule has 0 bridgehead atoms. The van der Waals surface area contributed by atoms with E-state index < -0.39 is 0 Å². The zero-order valence-corrected chi connectivity index (χ0v) is 13.4. The molecule has 0 fully saturated rings. The predicted octanol–water partition coefficient (Wildman–Crippen LogP) is 3.10. The summed E-state index contributed by atoms with van der Waals surface area (Å²) < 4.78 is 20.7. The maximum Gasteiger partial charge on any atom is 0.231 e. The van der Waals surface area contributed by atoms with Gasteiger partial charge >= 0.3 is 0 Å². The Bertz CT molecular complexity index is 756. The Hall–Kier alpha value is -3.02. The highest BCUT2D eigenvalue weighted by Gasteiger charge is 2.18. The number of allylic oxidation sites excluding steroid dienone is 1. The van der Waals surface area contributed by atoms with E-state index in [1.165, 1.54) is 14.2 Å². The van der Waals surface area contributed by atoms with Crippen LogP contribution in [0.3, 0.4) is 0 Å². The number of hydrogen-bond acceptors (Lipinski definition) is 6. The third-order valence-electron chi connectivity index (χ3n) is 3.68. The molecule has 0 saturated carbocycles. The molecule has 6 heteroatoms. The van der Waals surface area contributed by atoms with Gasteiger partial charge in [0.2, 0.25) is 18.3 Å². The van der Waals surface area contributed by atoms with E-state index in [0.717, 1.165) is 11.1 Å². The number of rotatable bonds is 5. The van der Waals surface area contributed by atoms with Crippen molar-refractivity contribution in [1.82, 2.24) is 0 Å². The van der Waals surface area contributed by atoms with E-state index in [4.69, 9.17) is 18.9 Å². The van der Waals surface area contributed by atoms with E-state index in [9.17, 15) is 10.2 Å². The fourth-order valence-corrected chi connectivity index (χ4v) is 2.51. The monoisotopic (exact) mass is 330 g/mol. The number of aromatic hydroxyl groups is 2. The van der Waals surface area contributed by atoms with Crippen LogP contribution in [0.1, 0.15) is 11.1 Å². The minimum atomic E-state index is -0.0200. The lowest BCUT2D eigenvalue weighted by Crippen LogP contribution is -1.93. The Labute approximate surface area is 139 Å². The number of fused-ring (bicyclic) bond motifs is 1. The molecule has 1 heterocycles. The largest absolute Gasteiger partial charge is 0.504 e. The molecule has 6 nitrogen and oxygen atoms in total. The molecule has 126 valence electrons. The molecule has 24 heavy (non-hydrogen) atoms. The maximum absolute atomic E-state index is 9.92. The maximum atomic E-state index is 9.92. The van der Waals surface area contributed by atoms with Crippen LogP contribution in [0, 0.1) is 0 Å². The van der Waals surface area contributed by atoms with Gasteiger partial charge in [-0.2, -0.15) is 0 Å². The van der Waals surface area contributed by atoms with Crippen LogP contribution >= 0.6 is 0 Å². The van der Waals surface area contributed by atoms with Gasteiger partial charge in [0.05, 0.1) is 14.2 Å². The van der Waals surface area contributed by atoms with Crippen LogP contribution < -0.4 is 18.9 Å². The first-order valence-electron chi connectivity index (χ1n) is 7.35. The van der Waals surface area contributed by atoms with Crippen molar-refractivity contribution >= 4 is 6.08 Å². The van der Waals surface area contributed by atoms with E-state index in [1.807, 2.05) is 12.2 Å². The third-order valence-corrected chi connectivity index (χ3v) is 3.68. The number of phenols is 2. The number of phenolic OH excluding ortho intramolecular Hbond substituents is 2. The van der Waals surface area contributed by atoms with Crippen LogP contribution in [-0.2, 0) is 6.42 Å². The normalized spacial score (nSPS) is 12.6. The van der Waals surface area contributed by atoms with Crippen molar-refractivity contribution < 1.29 is 29.2 Å². The Kier molecular flexibility index (Phi) is 4.37. The van der Waals surface area contributed by atoms with Crippen molar-refractivity contribution in [1.29, 1.82) is 0 Å². The molecule has 0 atom stereocenters. The van der Waals surface area contributed by atoms with Gasteiger partial charge in [0.25, 0.3) is 0 Å². The molecule has 1 aliphatic rings. The number of benzene rings is 2. The first-order valence-corrected chi connectivity index (χ1v) is 7.35. The van der Waals surface area contributed by atoms with Gasteiger partial charge in [-0.25, -0.2) is 0 Å². The van der Waals surface area contributed by atoms with E-state index >= 15 is 0 Å². The fraction of sp³-hybridized carbons (Fsp3) is 0.222. The van der Waals surface area contributed by atoms with Crippen LogP contribution in [0.5, 0.6) is 34.5 Å². The van der Waals surface area contributed by atoms with Gasteiger partial charge in [-0.1, -0.05) is 12.2 Å². The van der Waals surface area contributed by atoms with E-state index in [2.05, 4.69) is 0 Å². The Morgan fingerprint density at radius 3 is 2.42 bits per heavy atom. The molecule has 0 amide bonds. The second kappa shape index (κ2) is 6.62. The molecule has 2 N–H and O–H groups in total. The zero-order valence-electron chi connectivity index (χ0n) is 13.4. The smallest absolute Gasteiger partial charge is 0.231 e. The lowest BCUT2D eigenvalue weighted by atomic mass is 10.1. The summed E-state index contributed by atoms with van der Waals surface area (Å²) in [6.45, 7) is 0.114. The molecule has 2 aromatic rings. The summed E-state index contributed by atoms with van der Waals surface area (Å²) in [5, 5.41) is 19.8. The van der Waals surface area contributed by atoms with Gasteiger partial charge in [-0.15, -0.1) is 0 Å². The molecule has 0 aromatic heterocycles. The highest BCUT2D eigenvalue weighted by atomic mass is 16.7. The summed E-state index contributed by atoms with van der Waals surface area (Å²) in [6, 6.07) is 6.91. The van der Waals surface area contributed by atoms with Crippen molar-refractivity contribution in [2.75, 3.05) is 21.0 Å². The standard InChI is InChI=1S/C18H18O6/c1-21-14-7-12(8-15(22-2)17(14)20)5-3-4-11-6-13(19)18-16(9-11)23-10-24-18/h3-4,6-9,19-20H,5,10H2,1-2H3/b4-3+. The van der Waals surface area contributed by atoms with E-state index in [-0.39, 0.29) is 18.3 Å². The molecule has 0 radical (unpaired) electrons. The first kappa shape index (κ1) is 15.9. The van der Waals surface area contributed by atoms with Crippen LogP contribution in [0.2, 0.25) is 0 Å². The molecular formula is C18H18O6. The molecule has 0 unspecified atom stereocenters. The summed E-state index contributed by atoms with van der Waals surface area (Å²) in [4.78, 5) is 0. The van der Waals surface area contributed by atoms with Crippen molar-refractivity contribution in [3.8, 4) is 34.5 Å². The van der Waals surface area contributed by atoms with Gasteiger partial charge in [-0.3, -0.25) is 0 Å². The van der Waals surface area contributed by atoms with Crippen LogP contribution in [0.4, 0.5) is 0 Å². The number of hydrogen-bond donors (Lipinski definition) is 2. The summed E-state index contributed by atoms with van der Waals surface area (Å²) in [5.74, 6) is 1.66. The van der Waals surface area contributed by atoms with Crippen LogP contribution in [-0.4, -0.2) is 31.2 Å². The number of methoxy groups -OCH3 is 2. The van der Waals surface area contributed by atoms with E-state index in [0.29, 0.717) is 29.4 Å². The van der Waals surface area contributed by atoms with Gasteiger partial charge in [0.15, 0.2) is 23.0 Å². The first-order chi connectivity index (χ1) is 11.6. The van der Waals surface area contributed by atoms with E-state index in [1.54, 1.807) is 24.3 Å². The summed E-state index contributed by atoms with van der Waals surface area (Å²) >= 11 is 0. The number of ether oxygens (including phenoxy) is 4. The van der Waals surface area contributed by atoms with Crippen molar-refractivity contribution in [3.63, 3.8) is 0 Å². The van der Waals surface area contributed by atoms with Gasteiger partial charge in [-0.05, 0) is 41.8 Å². The molecular weight excluding hydrogens is 312 g/mol. The lowest BCUT2D eigenvalue weighted by molar-refractivity contribution is 0.171. The highest BCUT2D eigenvalue weighted by molar-refractivity contribution is 5.62. The van der Waals surface area contributed by atoms with Crippen molar-refractivity contribution in [3.05, 3.63) is 41.5 Å². The topological polar surface area (TPSA) is 77.4 Å². The Morgan fingerprint density at radius 2 is 1.75 bits per heavy atom. The van der Waals surface area contributed by atoms with Gasteiger partial charge in [0.1, 0.15) is 0 Å². The molecule has 2 aromatic carbocycles. The summed E-state index contributed by atoms with van der Waals surface area (Å²) in [7, 11) is 2.98. The van der Waals surface area contributed by atoms with Crippen LogP contribution in [0.25, 0.3) is 6.08 Å². The molecule has 3 rings (SSSR count). The second-order valence-electron chi connectivity index (χ2n) is 5.23. The highest BCUT2D eigenvalue weighted by Crippen LogP contribution is 2.41. The minimum Gasteiger partial charge on any atom is -0.504 e. The van der Waals surface area contributed by atoms with Crippen molar-refractivity contribution in [2.24, 2.45) is 0 Å². The molecule has 0 saturated heterocycles. The molecule has 0 aliphatic carbocycles. The second-order valence-corrected chi connectivity index (χ2v) is 5.23.